The average Bonchev–Trinajstić information content (AvgIpc) is 2.06. The maximum atomic E-state index is 3.99. The second kappa shape index (κ2) is 9.01. The van der Waals surface area contributed by atoms with Gasteiger partial charge in [-0.2, -0.15) is 23.5 Å². The van der Waals surface area contributed by atoms with Crippen LogP contribution in [-0.4, -0.2) is 23.0 Å². The van der Waals surface area contributed by atoms with Gasteiger partial charge in [-0.3, -0.25) is 0 Å². The lowest BCUT2D eigenvalue weighted by atomic mass is 10.4. The van der Waals surface area contributed by atoms with Crippen molar-refractivity contribution in [3.63, 3.8) is 0 Å². The van der Waals surface area contributed by atoms with Gasteiger partial charge in [0.2, 0.25) is 0 Å². The molecule has 0 unspecified atom stereocenters. The van der Waals surface area contributed by atoms with E-state index in [0.29, 0.717) is 0 Å². The van der Waals surface area contributed by atoms with E-state index in [1.807, 2.05) is 35.7 Å². The predicted octanol–water partition coefficient (Wildman–Crippen LogP) is 3.38. The van der Waals surface area contributed by atoms with Gasteiger partial charge >= 0.3 is 0 Å². The van der Waals surface area contributed by atoms with Gasteiger partial charge in [0.1, 0.15) is 0 Å². The summed E-state index contributed by atoms with van der Waals surface area (Å²) in [6.45, 7) is 11.3. The van der Waals surface area contributed by atoms with Gasteiger partial charge in [-0.05, 0) is 0 Å². The molecule has 0 bridgehead atoms. The molecule has 0 aliphatic heterocycles. The molecule has 0 fully saturated rings. The molecular weight excluding hydrogens is 184 g/mol. The Bertz CT molecular complexity index is 134. The zero-order valence-electron chi connectivity index (χ0n) is 7.42. The molecule has 0 N–H and O–H groups in total. The quantitative estimate of drug-likeness (QED) is 0.435. The van der Waals surface area contributed by atoms with E-state index in [0.717, 1.165) is 23.0 Å². The minimum atomic E-state index is 1.02. The third-order valence-corrected chi connectivity index (χ3v) is 3.25. The number of hydrogen-bond donors (Lipinski definition) is 0. The lowest BCUT2D eigenvalue weighted by molar-refractivity contribution is 1.45. The van der Waals surface area contributed by atoms with Gasteiger partial charge in [-0.25, -0.2) is 0 Å². The smallest absolute Gasteiger partial charge is 0.0152 e. The Kier molecular flexibility index (Phi) is 8.95. The summed E-state index contributed by atoms with van der Waals surface area (Å²) in [6, 6.07) is 0. The maximum Gasteiger partial charge on any atom is 0.0152 e. The Morgan fingerprint density at radius 1 is 1.00 bits per heavy atom. The lowest BCUT2D eigenvalue weighted by Crippen LogP contribution is -1.90. The Hall–Kier alpha value is -0.0800. The zero-order chi connectivity index (χ0) is 9.23. The number of rotatable bonds is 8. The van der Waals surface area contributed by atoms with Crippen molar-refractivity contribution in [1.82, 2.24) is 0 Å². The summed E-state index contributed by atoms with van der Waals surface area (Å²) < 4.78 is 0. The van der Waals surface area contributed by atoms with Crippen LogP contribution in [0.2, 0.25) is 0 Å². The molecule has 0 rings (SSSR count). The Morgan fingerprint density at radius 3 is 1.75 bits per heavy atom. The molecule has 0 saturated carbocycles. The first-order valence-electron chi connectivity index (χ1n) is 3.85. The minimum absolute atomic E-state index is 1.02. The van der Waals surface area contributed by atoms with Crippen molar-refractivity contribution >= 4 is 23.5 Å². The van der Waals surface area contributed by atoms with Gasteiger partial charge in [0.25, 0.3) is 0 Å². The Balaban J connectivity index is 3.21. The van der Waals surface area contributed by atoms with Gasteiger partial charge in [0.05, 0.1) is 0 Å². The fraction of sp³-hybridized carbons (Fsp3) is 0.400. The second-order valence-corrected chi connectivity index (χ2v) is 4.42. The van der Waals surface area contributed by atoms with E-state index in [1.54, 1.807) is 0 Å². The highest BCUT2D eigenvalue weighted by Crippen LogP contribution is 2.12. The first-order chi connectivity index (χ1) is 5.81. The number of thioether (sulfide) groups is 2. The highest BCUT2D eigenvalue weighted by atomic mass is 32.2. The fourth-order valence-electron chi connectivity index (χ4n) is 0.615. The van der Waals surface area contributed by atoms with Crippen LogP contribution < -0.4 is 0 Å². The van der Waals surface area contributed by atoms with Crippen LogP contribution in [0.3, 0.4) is 0 Å². The summed E-state index contributed by atoms with van der Waals surface area (Å²) in [4.78, 5) is 0. The molecule has 0 nitrogen and oxygen atoms in total. The molecule has 0 aromatic carbocycles. The van der Waals surface area contributed by atoms with Crippen molar-refractivity contribution in [1.29, 1.82) is 0 Å². The topological polar surface area (TPSA) is 0 Å². The summed E-state index contributed by atoms with van der Waals surface area (Å²) in [5, 5.41) is 0. The van der Waals surface area contributed by atoms with Crippen molar-refractivity contribution in [2.75, 3.05) is 23.0 Å². The van der Waals surface area contributed by atoms with Gasteiger partial charge in [-0.15, -0.1) is 13.2 Å². The van der Waals surface area contributed by atoms with Crippen molar-refractivity contribution in [2.24, 2.45) is 0 Å². The van der Waals surface area contributed by atoms with Crippen molar-refractivity contribution < 1.29 is 0 Å². The third kappa shape index (κ3) is 8.02. The molecule has 12 heavy (non-hydrogen) atoms. The van der Waals surface area contributed by atoms with Gasteiger partial charge < -0.3 is 0 Å². The zero-order valence-corrected chi connectivity index (χ0v) is 9.05. The maximum absolute atomic E-state index is 3.99. The monoisotopic (exact) mass is 200 g/mol. The van der Waals surface area contributed by atoms with Crippen LogP contribution in [0.5, 0.6) is 0 Å². The Morgan fingerprint density at radius 2 is 1.42 bits per heavy atom. The molecule has 0 atom stereocenters. The average molecular weight is 200 g/mol. The largest absolute Gasteiger partial charge is 0.153 e. The summed E-state index contributed by atoms with van der Waals surface area (Å²) in [5.74, 6) is 4.14. The fourth-order valence-corrected chi connectivity index (χ4v) is 2.09. The van der Waals surface area contributed by atoms with E-state index in [1.165, 1.54) is 5.57 Å². The van der Waals surface area contributed by atoms with E-state index < -0.39 is 0 Å². The summed E-state index contributed by atoms with van der Waals surface area (Å²) >= 11 is 3.73. The highest BCUT2D eigenvalue weighted by molar-refractivity contribution is 8.00. The molecule has 0 heterocycles. The van der Waals surface area contributed by atoms with Crippen LogP contribution in [0, 0.1) is 0 Å². The van der Waals surface area contributed by atoms with E-state index in [9.17, 15) is 0 Å². The van der Waals surface area contributed by atoms with Gasteiger partial charge in [0.15, 0.2) is 0 Å². The van der Waals surface area contributed by atoms with Crippen molar-refractivity contribution in [3.8, 4) is 0 Å². The molecule has 0 aromatic rings. The van der Waals surface area contributed by atoms with E-state index in [4.69, 9.17) is 0 Å². The predicted molar refractivity (Wildman–Crippen MR) is 64.2 cm³/mol. The Labute approximate surface area is 84.2 Å². The third-order valence-electron chi connectivity index (χ3n) is 1.08. The molecule has 0 aliphatic carbocycles. The summed E-state index contributed by atoms with van der Waals surface area (Å²) in [7, 11) is 0. The highest BCUT2D eigenvalue weighted by Gasteiger charge is 1.93. The normalized spacial score (nSPS) is 9.33. The van der Waals surface area contributed by atoms with Crippen molar-refractivity contribution in [2.45, 2.75) is 0 Å². The van der Waals surface area contributed by atoms with E-state index in [-0.39, 0.29) is 0 Å². The van der Waals surface area contributed by atoms with E-state index in [2.05, 4.69) is 19.7 Å². The van der Waals surface area contributed by atoms with Gasteiger partial charge in [-0.1, -0.05) is 24.3 Å². The molecule has 0 amide bonds. The molecule has 0 spiro atoms. The van der Waals surface area contributed by atoms with Crippen LogP contribution in [-0.2, 0) is 0 Å². The van der Waals surface area contributed by atoms with Crippen LogP contribution in [0.25, 0.3) is 0 Å². The first-order valence-corrected chi connectivity index (χ1v) is 6.16. The summed E-state index contributed by atoms with van der Waals surface area (Å²) in [6.07, 6.45) is 3.85. The number of hydrogen-bond acceptors (Lipinski definition) is 2. The SMILES string of the molecule is C=CCSCC(=C)CSCC=C. The lowest BCUT2D eigenvalue weighted by Gasteiger charge is -2.02. The van der Waals surface area contributed by atoms with E-state index >= 15 is 0 Å². The van der Waals surface area contributed by atoms with Crippen molar-refractivity contribution in [3.05, 3.63) is 37.5 Å². The van der Waals surface area contributed by atoms with Crippen LogP contribution in [0.15, 0.2) is 37.5 Å². The molecular formula is C10H16S2. The molecule has 2 heteroatoms. The molecule has 0 saturated heterocycles. The summed E-state index contributed by atoms with van der Waals surface area (Å²) in [5.41, 5.74) is 1.30. The molecule has 0 radical (unpaired) electrons. The first kappa shape index (κ1) is 11.9. The van der Waals surface area contributed by atoms with Gasteiger partial charge in [0, 0.05) is 23.0 Å². The van der Waals surface area contributed by atoms with Crippen LogP contribution in [0.4, 0.5) is 0 Å². The molecule has 0 aromatic heterocycles. The standard InChI is InChI=1S/C10H16S2/c1-4-6-11-8-10(3)9-12-7-5-2/h4-5H,1-3,6-9H2. The molecule has 0 aliphatic rings. The van der Waals surface area contributed by atoms with Crippen LogP contribution in [0.1, 0.15) is 0 Å². The minimum Gasteiger partial charge on any atom is -0.153 e. The second-order valence-electron chi connectivity index (χ2n) is 2.36. The van der Waals surface area contributed by atoms with Crippen LogP contribution >= 0.6 is 23.5 Å². The molecule has 68 valence electrons.